The molecule has 8 aromatic carbocycles. The molecule has 0 heterocycles. The van der Waals surface area contributed by atoms with Crippen LogP contribution in [0.3, 0.4) is 0 Å². The molecule has 0 atom stereocenters. The summed E-state index contributed by atoms with van der Waals surface area (Å²) in [5.41, 5.74) is 13.0. The predicted molar refractivity (Wildman–Crippen MR) is 200 cm³/mol. The van der Waals surface area contributed by atoms with Gasteiger partial charge in [-0.1, -0.05) is 164 Å². The van der Waals surface area contributed by atoms with Gasteiger partial charge in [-0.2, -0.15) is 0 Å². The lowest BCUT2D eigenvalue weighted by Crippen LogP contribution is -2.11. The molecule has 0 unspecified atom stereocenters. The average molecular weight is 600 g/mol. The van der Waals surface area contributed by atoms with E-state index in [4.69, 9.17) is 0 Å². The van der Waals surface area contributed by atoms with Crippen molar-refractivity contribution < 1.29 is 0 Å². The molecule has 0 fully saturated rings. The molecule has 0 spiro atoms. The fourth-order valence-corrected chi connectivity index (χ4v) is 6.67. The zero-order valence-electron chi connectivity index (χ0n) is 26.0. The molecule has 0 aliphatic heterocycles. The van der Waals surface area contributed by atoms with Crippen LogP contribution in [0.1, 0.15) is 0 Å². The van der Waals surface area contributed by atoms with Gasteiger partial charge in [0.05, 0.1) is 5.69 Å². The first-order valence-corrected chi connectivity index (χ1v) is 16.1. The number of fused-ring (bicyclic) bond motifs is 1. The van der Waals surface area contributed by atoms with Crippen molar-refractivity contribution in [3.63, 3.8) is 0 Å². The van der Waals surface area contributed by atoms with Gasteiger partial charge in [-0.25, -0.2) is 0 Å². The van der Waals surface area contributed by atoms with Crippen LogP contribution in [0.4, 0.5) is 17.1 Å². The highest BCUT2D eigenvalue weighted by molar-refractivity contribution is 5.98. The molecular formula is C46H33N. The van der Waals surface area contributed by atoms with Crippen LogP contribution < -0.4 is 4.90 Å². The van der Waals surface area contributed by atoms with Crippen molar-refractivity contribution in [2.24, 2.45) is 0 Å². The Morgan fingerprint density at radius 2 is 0.745 bits per heavy atom. The maximum absolute atomic E-state index is 2.38. The van der Waals surface area contributed by atoms with E-state index in [9.17, 15) is 0 Å². The van der Waals surface area contributed by atoms with Gasteiger partial charge in [0.15, 0.2) is 0 Å². The smallest absolute Gasteiger partial charge is 0.0540 e. The highest BCUT2D eigenvalue weighted by Gasteiger charge is 2.18. The molecule has 0 saturated heterocycles. The summed E-state index contributed by atoms with van der Waals surface area (Å²) >= 11 is 0. The molecule has 1 heteroatoms. The van der Waals surface area contributed by atoms with Crippen molar-refractivity contribution in [2.75, 3.05) is 4.90 Å². The summed E-state index contributed by atoms with van der Waals surface area (Å²) in [6, 6.07) is 71.8. The second kappa shape index (κ2) is 12.7. The molecule has 1 nitrogen and oxygen atoms in total. The Hall–Kier alpha value is -6.18. The number of nitrogens with zero attached hydrogens (tertiary/aromatic N) is 1. The maximum Gasteiger partial charge on any atom is 0.0540 e. The fraction of sp³-hybridized carbons (Fsp3) is 0. The number of benzene rings is 8. The standard InChI is InChI=1S/C46H33N/c1-3-16-34(17-4-1)41-27-9-10-28-43(41)38-22-14-25-40(33-38)47(39-23-5-2-6-24-39)46-31-12-11-29-45(46)37-21-13-20-36(32-37)44-30-15-19-35-18-7-8-26-42(35)44/h1-33H. The van der Waals surface area contributed by atoms with Crippen molar-refractivity contribution in [3.05, 3.63) is 200 Å². The van der Waals surface area contributed by atoms with Gasteiger partial charge in [0, 0.05) is 16.9 Å². The Balaban J connectivity index is 1.27. The Morgan fingerprint density at radius 1 is 0.277 bits per heavy atom. The molecule has 0 aromatic heterocycles. The minimum absolute atomic E-state index is 1.11. The third kappa shape index (κ3) is 5.60. The minimum Gasteiger partial charge on any atom is -0.310 e. The van der Waals surface area contributed by atoms with E-state index in [0.29, 0.717) is 0 Å². The van der Waals surface area contributed by atoms with Crippen LogP contribution in [0, 0.1) is 0 Å². The van der Waals surface area contributed by atoms with E-state index >= 15 is 0 Å². The molecule has 8 rings (SSSR count). The highest BCUT2D eigenvalue weighted by atomic mass is 15.1. The monoisotopic (exact) mass is 599 g/mol. The molecular weight excluding hydrogens is 567 g/mol. The number of rotatable bonds is 7. The quantitative estimate of drug-likeness (QED) is 0.176. The first-order chi connectivity index (χ1) is 23.3. The van der Waals surface area contributed by atoms with Crippen LogP contribution in [0.15, 0.2) is 200 Å². The van der Waals surface area contributed by atoms with Gasteiger partial charge in [-0.05, 0) is 86.1 Å². The Morgan fingerprint density at radius 3 is 1.53 bits per heavy atom. The summed E-state index contributed by atoms with van der Waals surface area (Å²) in [5, 5.41) is 2.51. The van der Waals surface area contributed by atoms with E-state index in [1.807, 2.05) is 0 Å². The van der Waals surface area contributed by atoms with Crippen LogP contribution in [0.2, 0.25) is 0 Å². The SMILES string of the molecule is c1ccc(-c2ccccc2-c2cccc(N(c3ccccc3)c3ccccc3-c3cccc(-c4cccc5ccccc45)c3)c2)cc1. The van der Waals surface area contributed by atoms with Crippen LogP contribution >= 0.6 is 0 Å². The topological polar surface area (TPSA) is 3.24 Å². The summed E-state index contributed by atoms with van der Waals surface area (Å²) < 4.78 is 0. The van der Waals surface area contributed by atoms with Gasteiger partial charge in [-0.3, -0.25) is 0 Å². The molecule has 0 amide bonds. The van der Waals surface area contributed by atoms with E-state index in [2.05, 4.69) is 205 Å². The van der Waals surface area contributed by atoms with E-state index < -0.39 is 0 Å². The minimum atomic E-state index is 1.11. The van der Waals surface area contributed by atoms with Crippen LogP contribution in [-0.2, 0) is 0 Å². The van der Waals surface area contributed by atoms with Crippen molar-refractivity contribution in [3.8, 4) is 44.5 Å². The van der Waals surface area contributed by atoms with Gasteiger partial charge in [-0.15, -0.1) is 0 Å². The molecule has 0 N–H and O–H groups in total. The second-order valence-corrected chi connectivity index (χ2v) is 11.8. The Kier molecular flexibility index (Phi) is 7.63. The molecule has 8 aromatic rings. The molecule has 0 bridgehead atoms. The lowest BCUT2D eigenvalue weighted by Gasteiger charge is -2.28. The van der Waals surface area contributed by atoms with Crippen molar-refractivity contribution in [1.82, 2.24) is 0 Å². The summed E-state index contributed by atoms with van der Waals surface area (Å²) in [6.07, 6.45) is 0. The Labute approximate surface area is 276 Å². The molecule has 0 aliphatic rings. The summed E-state index contributed by atoms with van der Waals surface area (Å²) in [7, 11) is 0. The van der Waals surface area contributed by atoms with E-state index in [-0.39, 0.29) is 0 Å². The van der Waals surface area contributed by atoms with Crippen molar-refractivity contribution in [1.29, 1.82) is 0 Å². The average Bonchev–Trinajstić information content (AvgIpc) is 3.16. The van der Waals surface area contributed by atoms with Gasteiger partial charge in [0.25, 0.3) is 0 Å². The lowest BCUT2D eigenvalue weighted by molar-refractivity contribution is 1.28. The first-order valence-electron chi connectivity index (χ1n) is 16.1. The zero-order valence-corrected chi connectivity index (χ0v) is 26.0. The third-order valence-electron chi connectivity index (χ3n) is 8.86. The van der Waals surface area contributed by atoms with Crippen LogP contribution in [-0.4, -0.2) is 0 Å². The van der Waals surface area contributed by atoms with Gasteiger partial charge in [0.2, 0.25) is 0 Å². The Bertz CT molecular complexity index is 2300. The fourth-order valence-electron chi connectivity index (χ4n) is 6.67. The number of anilines is 3. The van der Waals surface area contributed by atoms with E-state index in [1.54, 1.807) is 0 Å². The number of para-hydroxylation sites is 2. The largest absolute Gasteiger partial charge is 0.310 e. The maximum atomic E-state index is 2.38. The molecule has 0 radical (unpaired) electrons. The van der Waals surface area contributed by atoms with Crippen molar-refractivity contribution >= 4 is 27.8 Å². The van der Waals surface area contributed by atoms with Gasteiger partial charge >= 0.3 is 0 Å². The van der Waals surface area contributed by atoms with Gasteiger partial charge < -0.3 is 4.90 Å². The van der Waals surface area contributed by atoms with E-state index in [0.717, 1.165) is 17.1 Å². The van der Waals surface area contributed by atoms with E-state index in [1.165, 1.54) is 55.3 Å². The number of hydrogen-bond donors (Lipinski definition) is 0. The number of hydrogen-bond acceptors (Lipinski definition) is 1. The third-order valence-corrected chi connectivity index (χ3v) is 8.86. The van der Waals surface area contributed by atoms with Crippen LogP contribution in [0.25, 0.3) is 55.3 Å². The molecule has 0 saturated carbocycles. The highest BCUT2D eigenvalue weighted by Crippen LogP contribution is 2.43. The molecule has 0 aliphatic carbocycles. The predicted octanol–water partition coefficient (Wildman–Crippen LogP) is 13.0. The normalized spacial score (nSPS) is 11.0. The molecule has 47 heavy (non-hydrogen) atoms. The first kappa shape index (κ1) is 28.3. The summed E-state index contributed by atoms with van der Waals surface area (Å²) in [4.78, 5) is 2.38. The second-order valence-electron chi connectivity index (χ2n) is 11.8. The zero-order chi connectivity index (χ0) is 31.4. The summed E-state index contributed by atoms with van der Waals surface area (Å²) in [5.74, 6) is 0. The van der Waals surface area contributed by atoms with Gasteiger partial charge in [0.1, 0.15) is 0 Å². The van der Waals surface area contributed by atoms with Crippen molar-refractivity contribution in [2.45, 2.75) is 0 Å². The summed E-state index contributed by atoms with van der Waals surface area (Å²) in [6.45, 7) is 0. The lowest BCUT2D eigenvalue weighted by atomic mass is 9.93. The molecule has 222 valence electrons. The van der Waals surface area contributed by atoms with Crippen LogP contribution in [0.5, 0.6) is 0 Å².